The van der Waals surface area contributed by atoms with Gasteiger partial charge in [-0.25, -0.2) is 0 Å². The average Bonchev–Trinajstić information content (AvgIpc) is 2.08. The lowest BCUT2D eigenvalue weighted by molar-refractivity contribution is 0.0992. The Balaban J connectivity index is 3.13. The van der Waals surface area contributed by atoms with Gasteiger partial charge in [-0.3, -0.25) is 4.79 Å². The van der Waals surface area contributed by atoms with Crippen molar-refractivity contribution in [1.82, 2.24) is 0 Å². The molecule has 0 saturated carbocycles. The van der Waals surface area contributed by atoms with Gasteiger partial charge in [0.1, 0.15) is 0 Å². The predicted molar refractivity (Wildman–Crippen MR) is 58.2 cm³/mol. The molecule has 0 aliphatic carbocycles. The summed E-state index contributed by atoms with van der Waals surface area (Å²) in [7, 11) is 0. The van der Waals surface area contributed by atoms with Gasteiger partial charge in [0.25, 0.3) is 0 Å². The van der Waals surface area contributed by atoms with E-state index >= 15 is 0 Å². The van der Waals surface area contributed by atoms with E-state index in [4.69, 9.17) is 17.3 Å². The largest absolute Gasteiger partial charge is 0.398 e. The molecular weight excluding hydrogens is 253 g/mol. The summed E-state index contributed by atoms with van der Waals surface area (Å²) in [6.45, 7) is 1.63. The minimum atomic E-state index is -0.545. The molecule has 0 aliphatic heterocycles. The molecule has 0 bridgehead atoms. The van der Waals surface area contributed by atoms with E-state index in [0.717, 1.165) is 4.47 Å². The van der Waals surface area contributed by atoms with E-state index in [-0.39, 0.29) is 5.78 Å². The number of halogens is 2. The summed E-state index contributed by atoms with van der Waals surface area (Å²) < 4.78 is 0.822. The summed E-state index contributed by atoms with van der Waals surface area (Å²) in [6, 6.07) is 5.14. The number of benzene rings is 1. The maximum absolute atomic E-state index is 11.5. The zero-order valence-electron chi connectivity index (χ0n) is 7.05. The van der Waals surface area contributed by atoms with Crippen molar-refractivity contribution in [3.63, 3.8) is 0 Å². The molecule has 0 aromatic heterocycles. The Kier molecular flexibility index (Phi) is 3.33. The normalized spacial score (nSPS) is 12.5. The summed E-state index contributed by atoms with van der Waals surface area (Å²) in [5.74, 6) is -0.152. The molecule has 1 rings (SSSR count). The molecule has 1 atom stereocenters. The maximum Gasteiger partial charge on any atom is 0.182 e. The van der Waals surface area contributed by atoms with Crippen LogP contribution in [0.2, 0.25) is 0 Å². The van der Waals surface area contributed by atoms with Crippen LogP contribution in [0, 0.1) is 0 Å². The molecule has 1 unspecified atom stereocenters. The van der Waals surface area contributed by atoms with Crippen LogP contribution in [0.3, 0.4) is 0 Å². The van der Waals surface area contributed by atoms with Gasteiger partial charge in [-0.15, -0.1) is 11.6 Å². The van der Waals surface area contributed by atoms with Crippen molar-refractivity contribution in [3.05, 3.63) is 28.2 Å². The van der Waals surface area contributed by atoms with Crippen LogP contribution in [-0.4, -0.2) is 11.2 Å². The third-order valence-electron chi connectivity index (χ3n) is 1.64. The Morgan fingerprint density at radius 1 is 1.62 bits per heavy atom. The van der Waals surface area contributed by atoms with E-state index in [1.807, 2.05) is 0 Å². The van der Waals surface area contributed by atoms with Crippen LogP contribution in [0.5, 0.6) is 0 Å². The number of alkyl halides is 1. The summed E-state index contributed by atoms with van der Waals surface area (Å²) >= 11 is 8.93. The minimum absolute atomic E-state index is 0.152. The van der Waals surface area contributed by atoms with Crippen LogP contribution >= 0.6 is 27.5 Å². The van der Waals surface area contributed by atoms with Crippen molar-refractivity contribution in [2.75, 3.05) is 5.73 Å². The number of carbonyl (C=O) groups excluding carboxylic acids is 1. The second-order valence-corrected chi connectivity index (χ2v) is 4.28. The van der Waals surface area contributed by atoms with Gasteiger partial charge in [0.2, 0.25) is 0 Å². The molecule has 0 fully saturated rings. The number of Topliss-reactive ketones (excluding diaryl/α,β-unsaturated/α-hetero) is 1. The van der Waals surface area contributed by atoms with Crippen molar-refractivity contribution in [1.29, 1.82) is 0 Å². The lowest BCUT2D eigenvalue weighted by Crippen LogP contribution is -2.12. The van der Waals surface area contributed by atoms with Gasteiger partial charge in [-0.05, 0) is 25.1 Å². The van der Waals surface area contributed by atoms with Crippen LogP contribution in [0.15, 0.2) is 22.7 Å². The number of nitrogen functional groups attached to an aromatic ring is 1. The molecule has 0 radical (unpaired) electrons. The smallest absolute Gasteiger partial charge is 0.182 e. The Morgan fingerprint density at radius 3 is 2.77 bits per heavy atom. The van der Waals surface area contributed by atoms with Gasteiger partial charge in [-0.1, -0.05) is 15.9 Å². The number of ketones is 1. The van der Waals surface area contributed by atoms with Crippen LogP contribution in [0.4, 0.5) is 5.69 Å². The third-order valence-corrected chi connectivity index (χ3v) is 2.33. The van der Waals surface area contributed by atoms with Gasteiger partial charge < -0.3 is 5.73 Å². The average molecular weight is 263 g/mol. The molecule has 70 valence electrons. The Morgan fingerprint density at radius 2 is 2.23 bits per heavy atom. The Bertz CT molecular complexity index is 338. The minimum Gasteiger partial charge on any atom is -0.398 e. The van der Waals surface area contributed by atoms with Gasteiger partial charge in [-0.2, -0.15) is 0 Å². The SMILES string of the molecule is CC(Cl)C(=O)c1cc(Br)ccc1N. The molecule has 4 heteroatoms. The highest BCUT2D eigenvalue weighted by Gasteiger charge is 2.15. The van der Waals surface area contributed by atoms with Crippen molar-refractivity contribution in [3.8, 4) is 0 Å². The van der Waals surface area contributed by atoms with E-state index in [0.29, 0.717) is 11.3 Å². The molecule has 2 nitrogen and oxygen atoms in total. The topological polar surface area (TPSA) is 43.1 Å². The van der Waals surface area contributed by atoms with Crippen molar-refractivity contribution < 1.29 is 4.79 Å². The van der Waals surface area contributed by atoms with E-state index in [1.54, 1.807) is 25.1 Å². The number of hydrogen-bond acceptors (Lipinski definition) is 2. The molecule has 0 aliphatic rings. The first-order valence-electron chi connectivity index (χ1n) is 3.75. The third kappa shape index (κ3) is 2.45. The molecule has 13 heavy (non-hydrogen) atoms. The molecular formula is C9H9BrClNO. The van der Waals surface area contributed by atoms with Gasteiger partial charge in [0.05, 0.1) is 5.38 Å². The Labute approximate surface area is 90.2 Å². The van der Waals surface area contributed by atoms with E-state index in [9.17, 15) is 4.79 Å². The predicted octanol–water partition coefficient (Wildman–Crippen LogP) is 2.84. The van der Waals surface area contributed by atoms with Gasteiger partial charge >= 0.3 is 0 Å². The zero-order chi connectivity index (χ0) is 10.0. The highest BCUT2D eigenvalue weighted by atomic mass is 79.9. The first kappa shape index (κ1) is 10.5. The summed E-state index contributed by atoms with van der Waals surface area (Å²) in [4.78, 5) is 11.5. The molecule has 0 heterocycles. The van der Waals surface area contributed by atoms with E-state index < -0.39 is 5.38 Å². The molecule has 0 amide bonds. The van der Waals surface area contributed by atoms with Crippen LogP contribution in [0.25, 0.3) is 0 Å². The van der Waals surface area contributed by atoms with E-state index in [2.05, 4.69) is 15.9 Å². The van der Waals surface area contributed by atoms with Gasteiger partial charge in [0, 0.05) is 15.7 Å². The molecule has 2 N–H and O–H groups in total. The highest BCUT2D eigenvalue weighted by Crippen LogP contribution is 2.20. The summed E-state index contributed by atoms with van der Waals surface area (Å²) in [5, 5.41) is -0.545. The summed E-state index contributed by atoms with van der Waals surface area (Å²) in [6.07, 6.45) is 0. The number of carbonyl (C=O) groups is 1. The molecule has 0 saturated heterocycles. The fraction of sp³-hybridized carbons (Fsp3) is 0.222. The highest BCUT2D eigenvalue weighted by molar-refractivity contribution is 9.10. The van der Waals surface area contributed by atoms with E-state index in [1.165, 1.54) is 0 Å². The first-order valence-corrected chi connectivity index (χ1v) is 4.98. The quantitative estimate of drug-likeness (QED) is 0.506. The van der Waals surface area contributed by atoms with Crippen LogP contribution in [-0.2, 0) is 0 Å². The van der Waals surface area contributed by atoms with Crippen LogP contribution in [0.1, 0.15) is 17.3 Å². The summed E-state index contributed by atoms with van der Waals surface area (Å²) in [5.41, 5.74) is 6.56. The lowest BCUT2D eigenvalue weighted by atomic mass is 10.1. The fourth-order valence-corrected chi connectivity index (χ4v) is 1.43. The fourth-order valence-electron chi connectivity index (χ4n) is 0.956. The number of nitrogens with two attached hydrogens (primary N) is 1. The lowest BCUT2D eigenvalue weighted by Gasteiger charge is -2.06. The van der Waals surface area contributed by atoms with Crippen molar-refractivity contribution in [2.45, 2.75) is 12.3 Å². The van der Waals surface area contributed by atoms with Crippen LogP contribution < -0.4 is 5.73 Å². The van der Waals surface area contributed by atoms with Gasteiger partial charge in [0.15, 0.2) is 5.78 Å². The first-order chi connectivity index (χ1) is 6.02. The molecule has 0 spiro atoms. The number of hydrogen-bond donors (Lipinski definition) is 1. The molecule has 1 aromatic rings. The maximum atomic E-state index is 11.5. The second kappa shape index (κ2) is 4.11. The Hall–Kier alpha value is -0.540. The number of rotatable bonds is 2. The van der Waals surface area contributed by atoms with Crippen molar-refractivity contribution >= 4 is 39.0 Å². The number of anilines is 1. The van der Waals surface area contributed by atoms with Crippen molar-refractivity contribution in [2.24, 2.45) is 0 Å². The second-order valence-electron chi connectivity index (χ2n) is 2.71. The molecule has 1 aromatic carbocycles. The zero-order valence-corrected chi connectivity index (χ0v) is 9.39. The standard InChI is InChI=1S/C9H9BrClNO/c1-5(11)9(13)7-4-6(10)2-3-8(7)12/h2-5H,12H2,1H3. The monoisotopic (exact) mass is 261 g/mol.